The summed E-state index contributed by atoms with van der Waals surface area (Å²) < 4.78 is 11.2. The Bertz CT molecular complexity index is 753. The van der Waals surface area contributed by atoms with Crippen LogP contribution in [0, 0.1) is 0 Å². The third-order valence-corrected chi connectivity index (χ3v) is 4.11. The van der Waals surface area contributed by atoms with Gasteiger partial charge in [-0.1, -0.05) is 30.3 Å². The lowest BCUT2D eigenvalue weighted by atomic mass is 10.2. The zero-order chi connectivity index (χ0) is 20.2. The van der Waals surface area contributed by atoms with Gasteiger partial charge in [0.15, 0.2) is 5.96 Å². The highest BCUT2D eigenvalue weighted by molar-refractivity contribution is 14.0. The number of hydrogen-bond donors (Lipinski definition) is 2. The average Bonchev–Trinajstić information content (AvgIpc) is 2.71. The van der Waals surface area contributed by atoms with Crippen molar-refractivity contribution in [1.82, 2.24) is 15.5 Å². The van der Waals surface area contributed by atoms with E-state index in [4.69, 9.17) is 9.47 Å². The van der Waals surface area contributed by atoms with Crippen LogP contribution in [-0.4, -0.2) is 51.8 Å². The Morgan fingerprint density at radius 2 is 1.86 bits per heavy atom. The van der Waals surface area contributed by atoms with Crippen LogP contribution in [0.15, 0.2) is 53.5 Å². The van der Waals surface area contributed by atoms with E-state index in [1.165, 1.54) is 0 Å². The van der Waals surface area contributed by atoms with E-state index in [0.717, 1.165) is 41.7 Å². The highest BCUT2D eigenvalue weighted by Crippen LogP contribution is 2.17. The minimum atomic E-state index is 0. The standard InChI is InChI=1S/C22H32N4O2.HI/c1-5-23-22(24-16-18-9-8-11-20(15-18)27-4)25-17-19-10-6-7-12-21(19)28-14-13-26(2)3;/h6-12,15H,5,13-14,16-17H2,1-4H3,(H2,23,24,25);1H. The molecule has 29 heavy (non-hydrogen) atoms. The molecule has 6 nitrogen and oxygen atoms in total. The Balaban J connectivity index is 0.00000420. The minimum absolute atomic E-state index is 0. The van der Waals surface area contributed by atoms with Gasteiger partial charge in [-0.3, -0.25) is 0 Å². The molecule has 0 aliphatic carbocycles. The van der Waals surface area contributed by atoms with Gasteiger partial charge in [0.05, 0.1) is 13.7 Å². The number of nitrogens with zero attached hydrogens (tertiary/aromatic N) is 2. The minimum Gasteiger partial charge on any atom is -0.497 e. The van der Waals surface area contributed by atoms with Crippen molar-refractivity contribution in [1.29, 1.82) is 0 Å². The van der Waals surface area contributed by atoms with E-state index in [9.17, 15) is 0 Å². The number of likely N-dealkylation sites (N-methyl/N-ethyl adjacent to an activating group) is 1. The summed E-state index contributed by atoms with van der Waals surface area (Å²) in [6.07, 6.45) is 0. The van der Waals surface area contributed by atoms with Crippen molar-refractivity contribution in [2.75, 3.05) is 40.9 Å². The number of rotatable bonds is 10. The van der Waals surface area contributed by atoms with Gasteiger partial charge in [-0.15, -0.1) is 24.0 Å². The Labute approximate surface area is 191 Å². The highest BCUT2D eigenvalue weighted by Gasteiger charge is 2.05. The molecule has 0 atom stereocenters. The van der Waals surface area contributed by atoms with Gasteiger partial charge in [0.25, 0.3) is 0 Å². The first-order valence-electron chi connectivity index (χ1n) is 9.63. The second kappa shape index (κ2) is 14.1. The molecular weight excluding hydrogens is 479 g/mol. The molecule has 0 bridgehead atoms. The number of hydrogen-bond acceptors (Lipinski definition) is 4. The van der Waals surface area contributed by atoms with Gasteiger partial charge >= 0.3 is 0 Å². The van der Waals surface area contributed by atoms with Crippen molar-refractivity contribution >= 4 is 29.9 Å². The SMILES string of the molecule is CCNC(=NCc1cccc(OC)c1)NCc1ccccc1OCCN(C)C.I. The van der Waals surface area contributed by atoms with Crippen molar-refractivity contribution in [2.45, 2.75) is 20.0 Å². The first-order chi connectivity index (χ1) is 13.6. The van der Waals surface area contributed by atoms with Gasteiger partial charge in [-0.05, 0) is 44.8 Å². The number of ether oxygens (including phenoxy) is 2. The monoisotopic (exact) mass is 512 g/mol. The van der Waals surface area contributed by atoms with Crippen molar-refractivity contribution in [2.24, 2.45) is 4.99 Å². The van der Waals surface area contributed by atoms with Crippen LogP contribution < -0.4 is 20.1 Å². The number of guanidine groups is 1. The maximum atomic E-state index is 5.94. The van der Waals surface area contributed by atoms with Crippen LogP contribution >= 0.6 is 24.0 Å². The topological polar surface area (TPSA) is 58.1 Å². The predicted octanol–water partition coefficient (Wildman–Crippen LogP) is 3.51. The Hall–Kier alpha value is -2.00. The van der Waals surface area contributed by atoms with Crippen LogP contribution in [0.25, 0.3) is 0 Å². The van der Waals surface area contributed by atoms with Crippen molar-refractivity contribution in [3.63, 3.8) is 0 Å². The predicted molar refractivity (Wildman–Crippen MR) is 131 cm³/mol. The fourth-order valence-electron chi connectivity index (χ4n) is 2.59. The van der Waals surface area contributed by atoms with E-state index in [2.05, 4.69) is 33.5 Å². The highest BCUT2D eigenvalue weighted by atomic mass is 127. The zero-order valence-corrected chi connectivity index (χ0v) is 20.1. The van der Waals surface area contributed by atoms with E-state index in [1.54, 1.807) is 7.11 Å². The smallest absolute Gasteiger partial charge is 0.191 e. The third-order valence-electron chi connectivity index (χ3n) is 4.11. The van der Waals surface area contributed by atoms with E-state index in [1.807, 2.05) is 56.6 Å². The second-order valence-corrected chi connectivity index (χ2v) is 6.66. The summed E-state index contributed by atoms with van der Waals surface area (Å²) in [4.78, 5) is 6.79. The molecule has 2 aromatic carbocycles. The number of methoxy groups -OCH3 is 1. The van der Waals surface area contributed by atoms with Crippen molar-refractivity contribution in [3.8, 4) is 11.5 Å². The molecule has 0 saturated heterocycles. The summed E-state index contributed by atoms with van der Waals surface area (Å²) in [5.41, 5.74) is 2.21. The van der Waals surface area contributed by atoms with Crippen LogP contribution in [0.1, 0.15) is 18.1 Å². The Morgan fingerprint density at radius 3 is 2.59 bits per heavy atom. The lowest BCUT2D eigenvalue weighted by Gasteiger charge is -2.16. The van der Waals surface area contributed by atoms with Crippen LogP contribution in [0.4, 0.5) is 0 Å². The summed E-state index contributed by atoms with van der Waals surface area (Å²) in [5, 5.41) is 6.68. The van der Waals surface area contributed by atoms with Gasteiger partial charge < -0.3 is 25.0 Å². The molecule has 0 aliphatic heterocycles. The number of nitrogens with one attached hydrogen (secondary N) is 2. The molecule has 0 aromatic heterocycles. The molecule has 7 heteroatoms. The molecule has 0 radical (unpaired) electrons. The van der Waals surface area contributed by atoms with E-state index in [-0.39, 0.29) is 24.0 Å². The lowest BCUT2D eigenvalue weighted by molar-refractivity contribution is 0.259. The maximum absolute atomic E-state index is 5.94. The fraction of sp³-hybridized carbons (Fsp3) is 0.409. The van der Waals surface area contributed by atoms with E-state index in [0.29, 0.717) is 19.7 Å². The third kappa shape index (κ3) is 9.36. The van der Waals surface area contributed by atoms with Crippen molar-refractivity contribution in [3.05, 3.63) is 59.7 Å². The Kier molecular flexibility index (Phi) is 12.1. The molecule has 160 valence electrons. The van der Waals surface area contributed by atoms with Gasteiger partial charge in [-0.2, -0.15) is 0 Å². The molecule has 0 unspecified atom stereocenters. The largest absolute Gasteiger partial charge is 0.497 e. The van der Waals surface area contributed by atoms with Crippen LogP contribution in [-0.2, 0) is 13.1 Å². The van der Waals surface area contributed by atoms with Crippen LogP contribution in [0.3, 0.4) is 0 Å². The first kappa shape index (κ1) is 25.0. The van der Waals surface area contributed by atoms with Gasteiger partial charge in [0.1, 0.15) is 18.1 Å². The fourth-order valence-corrected chi connectivity index (χ4v) is 2.59. The van der Waals surface area contributed by atoms with Gasteiger partial charge in [0, 0.05) is 25.2 Å². The molecule has 0 fully saturated rings. The second-order valence-electron chi connectivity index (χ2n) is 6.66. The maximum Gasteiger partial charge on any atom is 0.191 e. The molecular formula is C22H33IN4O2. The van der Waals surface area contributed by atoms with Gasteiger partial charge in [-0.25, -0.2) is 4.99 Å². The van der Waals surface area contributed by atoms with Gasteiger partial charge in [0.2, 0.25) is 0 Å². The summed E-state index contributed by atoms with van der Waals surface area (Å²) in [6, 6.07) is 16.1. The number of benzene rings is 2. The van der Waals surface area contributed by atoms with Crippen LogP contribution in [0.5, 0.6) is 11.5 Å². The summed E-state index contributed by atoms with van der Waals surface area (Å²) in [7, 11) is 5.75. The lowest BCUT2D eigenvalue weighted by Crippen LogP contribution is -2.36. The summed E-state index contributed by atoms with van der Waals surface area (Å²) in [6.45, 7) is 5.61. The molecule has 0 spiro atoms. The number of para-hydroxylation sites is 1. The number of aliphatic imine (C=N–C) groups is 1. The Morgan fingerprint density at radius 1 is 1.07 bits per heavy atom. The molecule has 0 saturated carbocycles. The first-order valence-corrected chi connectivity index (χ1v) is 9.63. The van der Waals surface area contributed by atoms with E-state index < -0.39 is 0 Å². The summed E-state index contributed by atoms with van der Waals surface area (Å²) >= 11 is 0. The quantitative estimate of drug-likeness (QED) is 0.290. The molecule has 0 heterocycles. The van der Waals surface area contributed by atoms with E-state index >= 15 is 0 Å². The molecule has 0 amide bonds. The summed E-state index contributed by atoms with van der Waals surface area (Å²) in [5.74, 6) is 2.52. The molecule has 0 aliphatic rings. The molecule has 2 N–H and O–H groups in total. The molecule has 2 aromatic rings. The van der Waals surface area contributed by atoms with Crippen LogP contribution in [0.2, 0.25) is 0 Å². The molecule has 2 rings (SSSR count). The normalized spacial score (nSPS) is 11.0. The average molecular weight is 512 g/mol. The zero-order valence-electron chi connectivity index (χ0n) is 17.8. The number of halogens is 1. The van der Waals surface area contributed by atoms with Crippen molar-refractivity contribution < 1.29 is 9.47 Å².